The average Bonchev–Trinajstić information content (AvgIpc) is 2.40. The highest BCUT2D eigenvalue weighted by atomic mass is 28.4. The average molecular weight is 362 g/mol. The Labute approximate surface area is 142 Å². The summed E-state index contributed by atoms with van der Waals surface area (Å²) in [6, 6.07) is 0. The third kappa shape index (κ3) is 5.00. The second-order valence-electron chi connectivity index (χ2n) is 6.92. The fourth-order valence-corrected chi connectivity index (χ4v) is 3.64. The molecule has 0 aromatic heterocycles. The minimum Gasteiger partial charge on any atom is -0.455 e. The molecule has 138 valence electrons. The first-order valence-electron chi connectivity index (χ1n) is 8.01. The summed E-state index contributed by atoms with van der Waals surface area (Å²) >= 11 is 0. The van der Waals surface area contributed by atoms with Crippen molar-refractivity contribution in [2.75, 3.05) is 6.61 Å². The third-order valence-corrected chi connectivity index (χ3v) is 4.45. The molecule has 0 amide bonds. The highest BCUT2D eigenvalue weighted by molar-refractivity contribution is 6.69. The first-order chi connectivity index (χ1) is 11.1. The Morgan fingerprint density at radius 2 is 1.58 bits per heavy atom. The van der Waals surface area contributed by atoms with Crippen molar-refractivity contribution < 1.29 is 37.7 Å². The molecule has 0 N–H and O–H groups in total. The zero-order valence-electron chi connectivity index (χ0n) is 14.9. The minimum atomic E-state index is -2.02. The van der Waals surface area contributed by atoms with Crippen molar-refractivity contribution >= 4 is 20.3 Å². The zero-order valence-corrected chi connectivity index (χ0v) is 15.9. The van der Waals surface area contributed by atoms with Gasteiger partial charge in [0.05, 0.1) is 6.61 Å². The van der Waals surface area contributed by atoms with Crippen LogP contribution in [0.25, 0.3) is 0 Å². The number of hydrogen-bond donors (Lipinski definition) is 0. The maximum atomic E-state index is 11.6. The molecule has 2 aliphatic heterocycles. The molecular formula is C15H26O8Si. The Hall–Kier alpha value is -1.00. The van der Waals surface area contributed by atoms with Crippen molar-refractivity contribution in [2.45, 2.75) is 77.4 Å². The summed E-state index contributed by atoms with van der Waals surface area (Å²) in [7, 11) is -2.02. The van der Waals surface area contributed by atoms with Gasteiger partial charge in [-0.05, 0) is 26.6 Å². The molecule has 0 bridgehead atoms. The predicted molar refractivity (Wildman–Crippen MR) is 84.5 cm³/mol. The SMILES string of the molecule is CC(=O)O[C@@H]1[C@@H](OC(C)=O)[C@H](O[Si](C)(C)C)O[C@@H]2COC(C)O[C@@H]12. The van der Waals surface area contributed by atoms with Gasteiger partial charge in [0.1, 0.15) is 12.2 Å². The molecule has 0 aromatic carbocycles. The molecular weight excluding hydrogens is 336 g/mol. The van der Waals surface area contributed by atoms with E-state index in [0.29, 0.717) is 0 Å². The summed E-state index contributed by atoms with van der Waals surface area (Å²) in [4.78, 5) is 23.1. The van der Waals surface area contributed by atoms with Gasteiger partial charge in [-0.2, -0.15) is 0 Å². The van der Waals surface area contributed by atoms with E-state index >= 15 is 0 Å². The van der Waals surface area contributed by atoms with Crippen molar-refractivity contribution in [3.63, 3.8) is 0 Å². The first-order valence-corrected chi connectivity index (χ1v) is 11.4. The lowest BCUT2D eigenvalue weighted by molar-refractivity contribution is -0.346. The molecule has 2 aliphatic rings. The zero-order chi connectivity index (χ0) is 18.1. The maximum Gasteiger partial charge on any atom is 0.303 e. The number of ether oxygens (including phenoxy) is 5. The van der Waals surface area contributed by atoms with Crippen LogP contribution in [0.3, 0.4) is 0 Å². The van der Waals surface area contributed by atoms with Crippen LogP contribution >= 0.6 is 0 Å². The Kier molecular flexibility index (Phi) is 6.03. The van der Waals surface area contributed by atoms with Gasteiger partial charge in [0.2, 0.25) is 0 Å². The number of carbonyl (C=O) groups is 2. The highest BCUT2D eigenvalue weighted by Crippen LogP contribution is 2.33. The normalized spacial score (nSPS) is 36.6. The fourth-order valence-electron chi connectivity index (χ4n) is 2.75. The van der Waals surface area contributed by atoms with Gasteiger partial charge in [-0.1, -0.05) is 0 Å². The molecule has 2 rings (SSSR count). The minimum absolute atomic E-state index is 0.280. The monoisotopic (exact) mass is 362 g/mol. The molecule has 0 radical (unpaired) electrons. The summed E-state index contributed by atoms with van der Waals surface area (Å²) in [5, 5.41) is 0. The third-order valence-electron chi connectivity index (χ3n) is 3.51. The van der Waals surface area contributed by atoms with E-state index in [9.17, 15) is 9.59 Å². The van der Waals surface area contributed by atoms with Gasteiger partial charge in [-0.25, -0.2) is 0 Å². The van der Waals surface area contributed by atoms with E-state index in [4.69, 9.17) is 28.1 Å². The van der Waals surface area contributed by atoms with Gasteiger partial charge in [-0.3, -0.25) is 9.59 Å². The largest absolute Gasteiger partial charge is 0.455 e. The quantitative estimate of drug-likeness (QED) is 0.544. The molecule has 2 fully saturated rings. The van der Waals surface area contributed by atoms with Crippen LogP contribution in [0.4, 0.5) is 0 Å². The van der Waals surface area contributed by atoms with E-state index in [1.165, 1.54) is 13.8 Å². The molecule has 1 unspecified atom stereocenters. The topological polar surface area (TPSA) is 89.5 Å². The molecule has 0 spiro atoms. The van der Waals surface area contributed by atoms with E-state index < -0.39 is 57.3 Å². The summed E-state index contributed by atoms with van der Waals surface area (Å²) in [6.07, 6.45) is -4.10. The molecule has 24 heavy (non-hydrogen) atoms. The molecule has 9 heteroatoms. The molecule has 6 atom stereocenters. The summed E-state index contributed by atoms with van der Waals surface area (Å²) in [5.41, 5.74) is 0. The lowest BCUT2D eigenvalue weighted by Gasteiger charge is -2.48. The van der Waals surface area contributed by atoms with Crippen LogP contribution in [0.5, 0.6) is 0 Å². The lowest BCUT2D eigenvalue weighted by atomic mass is 9.97. The Bertz CT molecular complexity index is 477. The lowest BCUT2D eigenvalue weighted by Crippen LogP contribution is -2.65. The van der Waals surface area contributed by atoms with E-state index in [2.05, 4.69) is 0 Å². The van der Waals surface area contributed by atoms with Crippen LogP contribution in [-0.4, -0.2) is 63.9 Å². The van der Waals surface area contributed by atoms with Crippen molar-refractivity contribution in [1.82, 2.24) is 0 Å². The van der Waals surface area contributed by atoms with Gasteiger partial charge in [-0.15, -0.1) is 0 Å². The maximum absolute atomic E-state index is 11.6. The van der Waals surface area contributed by atoms with Gasteiger partial charge >= 0.3 is 11.9 Å². The molecule has 0 aromatic rings. The smallest absolute Gasteiger partial charge is 0.303 e. The van der Waals surface area contributed by atoms with E-state index in [1.807, 2.05) is 19.6 Å². The molecule has 2 heterocycles. The summed E-state index contributed by atoms with van der Waals surface area (Å²) in [5.74, 6) is -1.00. The van der Waals surface area contributed by atoms with Crippen LogP contribution in [0.2, 0.25) is 19.6 Å². The summed E-state index contributed by atoms with van der Waals surface area (Å²) < 4.78 is 33.9. The fraction of sp³-hybridized carbons (Fsp3) is 0.867. The van der Waals surface area contributed by atoms with Crippen LogP contribution in [0.1, 0.15) is 20.8 Å². The highest BCUT2D eigenvalue weighted by Gasteiger charge is 2.53. The molecule has 8 nitrogen and oxygen atoms in total. The standard InChI is InChI=1S/C15H26O8Si/c1-8(16)19-13-12-11(7-18-10(3)21-12)22-15(23-24(4,5)6)14(13)20-9(2)17/h10-15H,7H2,1-6H3/t10?,11-,12-,13+,14-,15+/m1/s1. The Balaban J connectivity index is 2.30. The number of fused-ring (bicyclic) bond motifs is 1. The summed E-state index contributed by atoms with van der Waals surface area (Å²) in [6.45, 7) is 10.6. The van der Waals surface area contributed by atoms with E-state index in [1.54, 1.807) is 6.92 Å². The van der Waals surface area contributed by atoms with Gasteiger partial charge in [0.15, 0.2) is 33.1 Å². The Morgan fingerprint density at radius 1 is 1.00 bits per heavy atom. The second kappa shape index (κ2) is 7.48. The number of esters is 2. The Morgan fingerprint density at radius 3 is 2.12 bits per heavy atom. The van der Waals surface area contributed by atoms with Crippen LogP contribution in [0, 0.1) is 0 Å². The number of rotatable bonds is 4. The van der Waals surface area contributed by atoms with Crippen molar-refractivity contribution in [3.05, 3.63) is 0 Å². The van der Waals surface area contributed by atoms with E-state index in [0.717, 1.165) is 0 Å². The molecule has 2 saturated heterocycles. The van der Waals surface area contributed by atoms with Gasteiger partial charge < -0.3 is 28.1 Å². The van der Waals surface area contributed by atoms with Crippen LogP contribution < -0.4 is 0 Å². The number of carbonyl (C=O) groups excluding carboxylic acids is 2. The van der Waals surface area contributed by atoms with Gasteiger partial charge in [0, 0.05) is 13.8 Å². The van der Waals surface area contributed by atoms with E-state index in [-0.39, 0.29) is 6.61 Å². The first kappa shape index (κ1) is 19.3. The predicted octanol–water partition coefficient (Wildman–Crippen LogP) is 1.19. The van der Waals surface area contributed by atoms with Gasteiger partial charge in [0.25, 0.3) is 0 Å². The van der Waals surface area contributed by atoms with Crippen molar-refractivity contribution in [1.29, 1.82) is 0 Å². The van der Waals surface area contributed by atoms with Crippen LogP contribution in [0.15, 0.2) is 0 Å². The number of hydrogen-bond acceptors (Lipinski definition) is 8. The van der Waals surface area contributed by atoms with Crippen molar-refractivity contribution in [3.8, 4) is 0 Å². The second-order valence-corrected chi connectivity index (χ2v) is 11.4. The molecule has 0 aliphatic carbocycles. The van der Waals surface area contributed by atoms with Crippen LogP contribution in [-0.2, 0) is 37.7 Å². The van der Waals surface area contributed by atoms with Crippen molar-refractivity contribution in [2.24, 2.45) is 0 Å². The molecule has 0 saturated carbocycles.